The molecule has 4 rings (SSSR count). The summed E-state index contributed by atoms with van der Waals surface area (Å²) in [5.41, 5.74) is 3.30. The van der Waals surface area contributed by atoms with Crippen LogP contribution >= 0.6 is 0 Å². The molecular formula is C19H13NO2. The van der Waals surface area contributed by atoms with Crippen LogP contribution in [0.5, 0.6) is 5.75 Å². The van der Waals surface area contributed by atoms with Gasteiger partial charge in [-0.2, -0.15) is 0 Å². The first-order valence-electron chi connectivity index (χ1n) is 7.07. The summed E-state index contributed by atoms with van der Waals surface area (Å²) < 4.78 is 0. The molecule has 0 saturated heterocycles. The number of amides is 1. The van der Waals surface area contributed by atoms with Crippen LogP contribution in [0.1, 0.15) is 11.1 Å². The maximum absolute atomic E-state index is 12.2. The van der Waals surface area contributed by atoms with Gasteiger partial charge in [0.2, 0.25) is 0 Å². The molecule has 1 heterocycles. The van der Waals surface area contributed by atoms with E-state index < -0.39 is 0 Å². The lowest BCUT2D eigenvalue weighted by atomic mass is 9.99. The zero-order chi connectivity index (χ0) is 15.1. The predicted molar refractivity (Wildman–Crippen MR) is 88.6 cm³/mol. The van der Waals surface area contributed by atoms with Crippen molar-refractivity contribution in [3.63, 3.8) is 0 Å². The number of aromatic hydroxyl groups is 1. The molecule has 0 radical (unpaired) electrons. The Morgan fingerprint density at radius 1 is 0.864 bits per heavy atom. The van der Waals surface area contributed by atoms with Crippen LogP contribution in [-0.4, -0.2) is 11.0 Å². The number of benzene rings is 3. The van der Waals surface area contributed by atoms with Crippen molar-refractivity contribution in [2.45, 2.75) is 0 Å². The SMILES string of the molecule is O=C1Nc2ccccc2C1=Cc1ccc(O)c2ccccc12. The Labute approximate surface area is 127 Å². The van der Waals surface area contributed by atoms with Gasteiger partial charge in [0, 0.05) is 22.2 Å². The third-order valence-corrected chi connectivity index (χ3v) is 3.94. The van der Waals surface area contributed by atoms with Gasteiger partial charge in [0.25, 0.3) is 5.91 Å². The van der Waals surface area contributed by atoms with Crippen molar-refractivity contribution in [1.29, 1.82) is 0 Å². The molecule has 0 unspecified atom stereocenters. The fraction of sp³-hybridized carbons (Fsp3) is 0. The van der Waals surface area contributed by atoms with Gasteiger partial charge >= 0.3 is 0 Å². The molecule has 2 N–H and O–H groups in total. The number of fused-ring (bicyclic) bond motifs is 2. The van der Waals surface area contributed by atoms with Gasteiger partial charge in [0.05, 0.1) is 0 Å². The number of phenols is 1. The molecule has 0 spiro atoms. The number of phenolic OH excluding ortho intramolecular Hbond substituents is 1. The largest absolute Gasteiger partial charge is 0.507 e. The summed E-state index contributed by atoms with van der Waals surface area (Å²) in [7, 11) is 0. The quantitative estimate of drug-likeness (QED) is 0.664. The van der Waals surface area contributed by atoms with E-state index in [1.807, 2.05) is 60.7 Å². The van der Waals surface area contributed by atoms with Crippen LogP contribution in [-0.2, 0) is 4.79 Å². The zero-order valence-corrected chi connectivity index (χ0v) is 11.7. The van der Waals surface area contributed by atoms with Crippen molar-refractivity contribution in [3.05, 3.63) is 71.8 Å². The van der Waals surface area contributed by atoms with Crippen molar-refractivity contribution in [3.8, 4) is 5.75 Å². The molecule has 1 aliphatic rings. The second-order valence-corrected chi connectivity index (χ2v) is 5.28. The molecule has 0 aliphatic carbocycles. The van der Waals surface area contributed by atoms with Gasteiger partial charge in [0.1, 0.15) is 5.75 Å². The van der Waals surface area contributed by atoms with Crippen molar-refractivity contribution in [2.24, 2.45) is 0 Å². The lowest BCUT2D eigenvalue weighted by Gasteiger charge is -2.05. The zero-order valence-electron chi connectivity index (χ0n) is 11.7. The van der Waals surface area contributed by atoms with E-state index in [9.17, 15) is 9.90 Å². The van der Waals surface area contributed by atoms with Crippen molar-refractivity contribution in [1.82, 2.24) is 0 Å². The fourth-order valence-electron chi connectivity index (χ4n) is 2.87. The van der Waals surface area contributed by atoms with Gasteiger partial charge in [-0.3, -0.25) is 4.79 Å². The highest BCUT2D eigenvalue weighted by Crippen LogP contribution is 2.35. The highest BCUT2D eigenvalue weighted by molar-refractivity contribution is 6.35. The molecule has 3 aromatic rings. The Morgan fingerprint density at radius 3 is 2.45 bits per heavy atom. The molecule has 0 fully saturated rings. The summed E-state index contributed by atoms with van der Waals surface area (Å²) in [6.45, 7) is 0. The molecule has 0 aromatic heterocycles. The molecule has 3 aromatic carbocycles. The van der Waals surface area contributed by atoms with E-state index >= 15 is 0 Å². The second-order valence-electron chi connectivity index (χ2n) is 5.28. The van der Waals surface area contributed by atoms with Crippen molar-refractivity contribution in [2.75, 3.05) is 5.32 Å². The van der Waals surface area contributed by atoms with Gasteiger partial charge in [-0.1, -0.05) is 48.5 Å². The van der Waals surface area contributed by atoms with Crippen molar-refractivity contribution >= 4 is 34.0 Å². The average molecular weight is 287 g/mol. The summed E-state index contributed by atoms with van der Waals surface area (Å²) >= 11 is 0. The number of rotatable bonds is 1. The maximum atomic E-state index is 12.2. The number of hydrogen-bond donors (Lipinski definition) is 2. The highest BCUT2D eigenvalue weighted by Gasteiger charge is 2.23. The molecule has 106 valence electrons. The summed E-state index contributed by atoms with van der Waals surface area (Å²) in [5.74, 6) is 0.146. The van der Waals surface area contributed by atoms with Crippen LogP contribution in [0.4, 0.5) is 5.69 Å². The molecule has 1 aliphatic heterocycles. The van der Waals surface area contributed by atoms with E-state index in [0.717, 1.165) is 27.6 Å². The van der Waals surface area contributed by atoms with E-state index in [4.69, 9.17) is 0 Å². The summed E-state index contributed by atoms with van der Waals surface area (Å²) in [6, 6.07) is 18.8. The third kappa shape index (κ3) is 1.87. The molecule has 0 bridgehead atoms. The van der Waals surface area contributed by atoms with Crippen LogP contribution in [0.15, 0.2) is 60.7 Å². The van der Waals surface area contributed by atoms with E-state index in [1.54, 1.807) is 6.07 Å². The predicted octanol–water partition coefficient (Wildman–Crippen LogP) is 4.04. The van der Waals surface area contributed by atoms with Gasteiger partial charge in [-0.05, 0) is 29.2 Å². The monoisotopic (exact) mass is 287 g/mol. The molecule has 3 heteroatoms. The minimum Gasteiger partial charge on any atom is -0.507 e. The standard InChI is InChI=1S/C19H13NO2/c21-18-10-9-12(13-5-1-2-7-15(13)18)11-16-14-6-3-4-8-17(14)20-19(16)22/h1-11,21H,(H,20,22). The Kier molecular flexibility index (Phi) is 2.73. The van der Waals surface area contributed by atoms with Gasteiger partial charge in [0.15, 0.2) is 0 Å². The Balaban J connectivity index is 1.94. The maximum Gasteiger partial charge on any atom is 0.256 e. The Bertz CT molecular complexity index is 941. The molecular weight excluding hydrogens is 274 g/mol. The number of hydrogen-bond acceptors (Lipinski definition) is 2. The lowest BCUT2D eigenvalue weighted by molar-refractivity contribution is -0.110. The molecule has 0 saturated carbocycles. The number of carbonyl (C=O) groups is 1. The average Bonchev–Trinajstić information content (AvgIpc) is 2.86. The topological polar surface area (TPSA) is 49.3 Å². The number of nitrogens with one attached hydrogen (secondary N) is 1. The lowest BCUT2D eigenvalue weighted by Crippen LogP contribution is -2.03. The van der Waals surface area contributed by atoms with Crippen LogP contribution < -0.4 is 5.32 Å². The molecule has 0 atom stereocenters. The number of carbonyl (C=O) groups excluding carboxylic acids is 1. The number of anilines is 1. The van der Waals surface area contributed by atoms with E-state index in [0.29, 0.717) is 5.57 Å². The first-order valence-corrected chi connectivity index (χ1v) is 7.07. The molecule has 3 nitrogen and oxygen atoms in total. The van der Waals surface area contributed by atoms with Crippen LogP contribution in [0.2, 0.25) is 0 Å². The van der Waals surface area contributed by atoms with E-state index in [1.165, 1.54) is 0 Å². The first kappa shape index (κ1) is 12.7. The summed E-state index contributed by atoms with van der Waals surface area (Å²) in [5, 5.41) is 14.5. The summed E-state index contributed by atoms with van der Waals surface area (Å²) in [4.78, 5) is 12.2. The summed E-state index contributed by atoms with van der Waals surface area (Å²) in [6.07, 6.45) is 1.88. The minimum atomic E-state index is -0.0987. The Hall–Kier alpha value is -3.07. The smallest absolute Gasteiger partial charge is 0.256 e. The fourth-order valence-corrected chi connectivity index (χ4v) is 2.87. The minimum absolute atomic E-state index is 0.0987. The van der Waals surface area contributed by atoms with Crippen LogP contribution in [0.25, 0.3) is 22.4 Å². The van der Waals surface area contributed by atoms with Crippen molar-refractivity contribution < 1.29 is 9.90 Å². The van der Waals surface area contributed by atoms with Crippen LogP contribution in [0.3, 0.4) is 0 Å². The number of para-hydroxylation sites is 1. The van der Waals surface area contributed by atoms with E-state index in [2.05, 4.69) is 5.32 Å². The first-order chi connectivity index (χ1) is 10.7. The third-order valence-electron chi connectivity index (χ3n) is 3.94. The van der Waals surface area contributed by atoms with E-state index in [-0.39, 0.29) is 11.7 Å². The Morgan fingerprint density at radius 2 is 1.59 bits per heavy atom. The molecule has 22 heavy (non-hydrogen) atoms. The molecule has 1 amide bonds. The van der Waals surface area contributed by atoms with Gasteiger partial charge in [-0.25, -0.2) is 0 Å². The van der Waals surface area contributed by atoms with Gasteiger partial charge in [-0.15, -0.1) is 0 Å². The second kappa shape index (κ2) is 4.74. The van der Waals surface area contributed by atoms with Gasteiger partial charge < -0.3 is 10.4 Å². The highest BCUT2D eigenvalue weighted by atomic mass is 16.3. The normalized spacial score (nSPS) is 15.1. The van der Waals surface area contributed by atoms with Crippen LogP contribution in [0, 0.1) is 0 Å².